The summed E-state index contributed by atoms with van der Waals surface area (Å²) in [5.74, 6) is 0.761. The fourth-order valence-electron chi connectivity index (χ4n) is 3.18. The third-order valence-electron chi connectivity index (χ3n) is 4.54. The normalized spacial score (nSPS) is 21.3. The molecule has 4 amide bonds. The first-order valence-electron chi connectivity index (χ1n) is 7.40. The van der Waals surface area contributed by atoms with Crippen LogP contribution in [0.15, 0.2) is 18.2 Å². The number of nitrogens with one attached hydrogen (secondary N) is 2. The highest BCUT2D eigenvalue weighted by Gasteiger charge is 2.48. The van der Waals surface area contributed by atoms with Crippen molar-refractivity contribution < 1.29 is 23.9 Å². The minimum atomic E-state index is -0.872. The molecule has 1 aromatic carbocycles. The molecule has 1 aromatic rings. The van der Waals surface area contributed by atoms with E-state index in [4.69, 9.17) is 9.47 Å². The molecule has 0 bridgehead atoms. The maximum absolute atomic E-state index is 12.6. The van der Waals surface area contributed by atoms with Gasteiger partial charge in [-0.1, -0.05) is 0 Å². The van der Waals surface area contributed by atoms with Crippen LogP contribution < -0.4 is 20.1 Å². The van der Waals surface area contributed by atoms with Crippen LogP contribution in [0.4, 0.5) is 4.79 Å². The molecule has 23 heavy (non-hydrogen) atoms. The lowest BCUT2D eigenvalue weighted by Gasteiger charge is -2.37. The first kappa shape index (κ1) is 13.9. The lowest BCUT2D eigenvalue weighted by molar-refractivity contribution is -0.125. The van der Waals surface area contributed by atoms with Gasteiger partial charge < -0.3 is 19.7 Å². The van der Waals surface area contributed by atoms with Crippen LogP contribution in [0.1, 0.15) is 23.2 Å². The second-order valence-corrected chi connectivity index (χ2v) is 5.85. The predicted molar refractivity (Wildman–Crippen MR) is 77.1 cm³/mol. The summed E-state index contributed by atoms with van der Waals surface area (Å²) in [4.78, 5) is 37.5. The number of rotatable bonds is 1. The number of hydrogen-bond acceptors (Lipinski definition) is 5. The zero-order chi connectivity index (χ0) is 16.0. The summed E-state index contributed by atoms with van der Waals surface area (Å²) in [6, 6.07) is 4.61. The van der Waals surface area contributed by atoms with E-state index >= 15 is 0 Å². The largest absolute Gasteiger partial charge is 0.454 e. The molecule has 3 aliphatic heterocycles. The van der Waals surface area contributed by atoms with Gasteiger partial charge in [-0.2, -0.15) is 0 Å². The van der Waals surface area contributed by atoms with Crippen LogP contribution in [-0.2, 0) is 4.79 Å². The van der Waals surface area contributed by atoms with Crippen molar-refractivity contribution in [2.75, 3.05) is 19.9 Å². The highest BCUT2D eigenvalue weighted by molar-refractivity contribution is 6.07. The monoisotopic (exact) mass is 317 g/mol. The summed E-state index contributed by atoms with van der Waals surface area (Å²) in [7, 11) is 0. The van der Waals surface area contributed by atoms with Gasteiger partial charge in [0.05, 0.1) is 0 Å². The van der Waals surface area contributed by atoms with Crippen LogP contribution in [0.5, 0.6) is 11.5 Å². The Balaban J connectivity index is 1.47. The van der Waals surface area contributed by atoms with Gasteiger partial charge in [-0.25, -0.2) is 4.79 Å². The molecule has 8 heteroatoms. The highest BCUT2D eigenvalue weighted by Crippen LogP contribution is 2.33. The number of amides is 4. The molecule has 2 fully saturated rings. The van der Waals surface area contributed by atoms with Crippen molar-refractivity contribution in [3.63, 3.8) is 0 Å². The van der Waals surface area contributed by atoms with Gasteiger partial charge in [0.2, 0.25) is 6.79 Å². The standard InChI is InChI=1S/C15H15N3O5/c19-12(9-1-2-10-11(7-9)23-8-22-10)18-5-3-15(4-6-18)13(20)16-14(21)17-15/h1-2,7H,3-6,8H2,(H2,16,17,20,21). The van der Waals surface area contributed by atoms with Gasteiger partial charge in [0.15, 0.2) is 11.5 Å². The molecule has 8 nitrogen and oxygen atoms in total. The smallest absolute Gasteiger partial charge is 0.322 e. The third-order valence-corrected chi connectivity index (χ3v) is 4.54. The van der Waals surface area contributed by atoms with Gasteiger partial charge in [-0.3, -0.25) is 14.9 Å². The molecule has 0 saturated carbocycles. The summed E-state index contributed by atoms with van der Waals surface area (Å²) in [6.07, 6.45) is 0.807. The van der Waals surface area contributed by atoms with Gasteiger partial charge in [-0.15, -0.1) is 0 Å². The zero-order valence-corrected chi connectivity index (χ0v) is 12.3. The highest BCUT2D eigenvalue weighted by atomic mass is 16.7. The average Bonchev–Trinajstić information content (AvgIpc) is 3.11. The molecule has 0 atom stereocenters. The van der Waals surface area contributed by atoms with Crippen molar-refractivity contribution in [3.05, 3.63) is 23.8 Å². The number of ether oxygens (including phenoxy) is 2. The molecular formula is C15H15N3O5. The number of hydrogen-bond donors (Lipinski definition) is 2. The Labute approximate surface area is 131 Å². The third kappa shape index (κ3) is 2.18. The Bertz CT molecular complexity index is 709. The number of piperidine rings is 1. The number of fused-ring (bicyclic) bond motifs is 1. The van der Waals surface area contributed by atoms with Crippen molar-refractivity contribution in [3.8, 4) is 11.5 Å². The van der Waals surface area contributed by atoms with E-state index in [-0.39, 0.29) is 18.6 Å². The van der Waals surface area contributed by atoms with Gasteiger partial charge in [0.25, 0.3) is 11.8 Å². The minimum Gasteiger partial charge on any atom is -0.454 e. The maximum Gasteiger partial charge on any atom is 0.322 e. The van der Waals surface area contributed by atoms with E-state index in [1.54, 1.807) is 23.1 Å². The van der Waals surface area contributed by atoms with Crippen molar-refractivity contribution in [1.29, 1.82) is 0 Å². The lowest BCUT2D eigenvalue weighted by atomic mass is 9.87. The number of carbonyl (C=O) groups is 3. The van der Waals surface area contributed by atoms with E-state index in [1.807, 2.05) is 0 Å². The average molecular weight is 317 g/mol. The quantitative estimate of drug-likeness (QED) is 0.723. The van der Waals surface area contributed by atoms with Gasteiger partial charge in [0, 0.05) is 18.7 Å². The fraction of sp³-hybridized carbons (Fsp3) is 0.400. The summed E-state index contributed by atoms with van der Waals surface area (Å²) in [5, 5.41) is 4.94. The Morgan fingerprint density at radius 1 is 1.13 bits per heavy atom. The lowest BCUT2D eigenvalue weighted by Crippen LogP contribution is -2.55. The van der Waals surface area contributed by atoms with Crippen molar-refractivity contribution in [1.82, 2.24) is 15.5 Å². The van der Waals surface area contributed by atoms with E-state index in [1.165, 1.54) is 0 Å². The first-order valence-corrected chi connectivity index (χ1v) is 7.40. The van der Waals surface area contributed by atoms with E-state index in [2.05, 4.69) is 10.6 Å². The molecule has 4 rings (SSSR count). The second kappa shape index (κ2) is 4.87. The van der Waals surface area contributed by atoms with Crippen LogP contribution in [0.2, 0.25) is 0 Å². The summed E-state index contributed by atoms with van der Waals surface area (Å²) < 4.78 is 10.5. The van der Waals surface area contributed by atoms with Crippen LogP contribution in [0.3, 0.4) is 0 Å². The van der Waals surface area contributed by atoms with E-state index < -0.39 is 11.6 Å². The number of carbonyl (C=O) groups excluding carboxylic acids is 3. The molecule has 0 aromatic heterocycles. The summed E-state index contributed by atoms with van der Waals surface area (Å²) in [5.41, 5.74) is -0.354. The number of nitrogens with zero attached hydrogens (tertiary/aromatic N) is 1. The fourth-order valence-corrected chi connectivity index (χ4v) is 3.18. The number of likely N-dealkylation sites (tertiary alicyclic amines) is 1. The number of imide groups is 1. The molecule has 120 valence electrons. The molecule has 0 unspecified atom stereocenters. The minimum absolute atomic E-state index is 0.122. The molecule has 3 aliphatic rings. The van der Waals surface area contributed by atoms with Gasteiger partial charge >= 0.3 is 6.03 Å². The van der Waals surface area contributed by atoms with Crippen molar-refractivity contribution >= 4 is 17.8 Å². The number of benzene rings is 1. The topological polar surface area (TPSA) is 97.0 Å². The number of urea groups is 1. The van der Waals surface area contributed by atoms with E-state index in [0.29, 0.717) is 43.0 Å². The molecule has 0 aliphatic carbocycles. The zero-order valence-electron chi connectivity index (χ0n) is 12.3. The predicted octanol–water partition coefficient (Wildman–Crippen LogP) is 0.229. The van der Waals surface area contributed by atoms with Crippen LogP contribution in [0, 0.1) is 0 Å². The SMILES string of the molecule is O=C1NC(=O)C2(CCN(C(=O)c3ccc4c(c3)OCO4)CC2)N1. The Hall–Kier alpha value is -2.77. The van der Waals surface area contributed by atoms with Gasteiger partial charge in [-0.05, 0) is 31.0 Å². The second-order valence-electron chi connectivity index (χ2n) is 5.85. The molecular weight excluding hydrogens is 302 g/mol. The molecule has 0 radical (unpaired) electrons. The summed E-state index contributed by atoms with van der Waals surface area (Å²) >= 11 is 0. The van der Waals surface area contributed by atoms with Crippen LogP contribution >= 0.6 is 0 Å². The first-order chi connectivity index (χ1) is 11.1. The van der Waals surface area contributed by atoms with Crippen molar-refractivity contribution in [2.24, 2.45) is 0 Å². The summed E-state index contributed by atoms with van der Waals surface area (Å²) in [6.45, 7) is 0.968. The molecule has 2 saturated heterocycles. The maximum atomic E-state index is 12.6. The van der Waals surface area contributed by atoms with Crippen LogP contribution in [-0.4, -0.2) is 48.2 Å². The van der Waals surface area contributed by atoms with Crippen LogP contribution in [0.25, 0.3) is 0 Å². The Morgan fingerprint density at radius 3 is 2.57 bits per heavy atom. The molecule has 2 N–H and O–H groups in total. The molecule has 1 spiro atoms. The van der Waals surface area contributed by atoms with Gasteiger partial charge in [0.1, 0.15) is 5.54 Å². The van der Waals surface area contributed by atoms with E-state index in [0.717, 1.165) is 0 Å². The molecule has 3 heterocycles. The van der Waals surface area contributed by atoms with Crippen molar-refractivity contribution in [2.45, 2.75) is 18.4 Å². The Morgan fingerprint density at radius 2 is 1.87 bits per heavy atom. The Kier molecular flexibility index (Phi) is 2.93. The van der Waals surface area contributed by atoms with E-state index in [9.17, 15) is 14.4 Å².